The van der Waals surface area contributed by atoms with Crippen LogP contribution in [-0.2, 0) is 13.1 Å². The minimum Gasteiger partial charge on any atom is -0.492 e. The summed E-state index contributed by atoms with van der Waals surface area (Å²) in [6.45, 7) is 3.48. The van der Waals surface area contributed by atoms with Crippen molar-refractivity contribution in [3.05, 3.63) is 94.8 Å². The molecule has 1 aromatic heterocycles. The zero-order valence-corrected chi connectivity index (χ0v) is 17.4. The molecule has 0 fully saturated rings. The fourth-order valence-electron chi connectivity index (χ4n) is 3.29. The molecule has 152 valence electrons. The molecular formula is C24H22ClN3O2. The molecule has 0 saturated carbocycles. The van der Waals surface area contributed by atoms with Crippen LogP contribution in [0.15, 0.2) is 72.8 Å². The second kappa shape index (κ2) is 9.01. The highest BCUT2D eigenvalue weighted by atomic mass is 35.5. The standard InChI is InChI=1S/C24H22ClN3O2/c1-17-9-11-20(12-10-17)30-14-13-28-22-8-3-2-7-21(22)27-23(28)16-26-24(29)18-5-4-6-19(25)15-18/h2-12,15H,13-14,16H2,1H3,(H,26,29). The van der Waals surface area contributed by atoms with Crippen LogP contribution in [0.4, 0.5) is 0 Å². The average molecular weight is 420 g/mol. The van der Waals surface area contributed by atoms with E-state index in [1.165, 1.54) is 5.56 Å². The van der Waals surface area contributed by atoms with E-state index in [-0.39, 0.29) is 5.91 Å². The molecule has 0 atom stereocenters. The van der Waals surface area contributed by atoms with Crippen LogP contribution in [0, 0.1) is 6.92 Å². The number of halogens is 1. The predicted molar refractivity (Wildman–Crippen MR) is 119 cm³/mol. The van der Waals surface area contributed by atoms with Gasteiger partial charge in [-0.25, -0.2) is 4.98 Å². The minimum atomic E-state index is -0.188. The molecule has 0 aliphatic rings. The van der Waals surface area contributed by atoms with E-state index in [0.29, 0.717) is 30.3 Å². The molecule has 1 N–H and O–H groups in total. The van der Waals surface area contributed by atoms with Crippen molar-refractivity contribution in [1.82, 2.24) is 14.9 Å². The van der Waals surface area contributed by atoms with Crippen LogP contribution in [0.25, 0.3) is 11.0 Å². The lowest BCUT2D eigenvalue weighted by Crippen LogP contribution is -2.25. The highest BCUT2D eigenvalue weighted by Gasteiger charge is 2.13. The molecule has 0 unspecified atom stereocenters. The molecule has 4 aromatic rings. The smallest absolute Gasteiger partial charge is 0.251 e. The Bertz CT molecular complexity index is 1170. The summed E-state index contributed by atoms with van der Waals surface area (Å²) in [7, 11) is 0. The first-order chi connectivity index (χ1) is 14.6. The van der Waals surface area contributed by atoms with E-state index in [0.717, 1.165) is 22.6 Å². The van der Waals surface area contributed by atoms with E-state index < -0.39 is 0 Å². The Kier molecular flexibility index (Phi) is 6.00. The average Bonchev–Trinajstić information content (AvgIpc) is 3.11. The maximum atomic E-state index is 12.5. The van der Waals surface area contributed by atoms with E-state index in [2.05, 4.69) is 9.88 Å². The van der Waals surface area contributed by atoms with Crippen molar-refractivity contribution in [2.24, 2.45) is 0 Å². The quantitative estimate of drug-likeness (QED) is 0.458. The number of carbonyl (C=O) groups excluding carboxylic acids is 1. The summed E-state index contributed by atoms with van der Waals surface area (Å²) in [5, 5.41) is 3.47. The fraction of sp³-hybridized carbons (Fsp3) is 0.167. The Balaban J connectivity index is 1.48. The normalized spacial score (nSPS) is 10.9. The van der Waals surface area contributed by atoms with Crippen molar-refractivity contribution >= 4 is 28.5 Å². The lowest BCUT2D eigenvalue weighted by molar-refractivity contribution is 0.0949. The Labute approximate surface area is 180 Å². The maximum Gasteiger partial charge on any atom is 0.251 e. The molecule has 0 spiro atoms. The molecule has 1 amide bonds. The molecule has 0 bridgehead atoms. The summed E-state index contributed by atoms with van der Waals surface area (Å²) in [6.07, 6.45) is 0. The van der Waals surface area contributed by atoms with Gasteiger partial charge in [-0.2, -0.15) is 0 Å². The number of rotatable bonds is 7. The summed E-state index contributed by atoms with van der Waals surface area (Å²) in [6, 6.07) is 22.8. The number of amides is 1. The summed E-state index contributed by atoms with van der Waals surface area (Å²) >= 11 is 5.99. The number of para-hydroxylation sites is 2. The molecule has 30 heavy (non-hydrogen) atoms. The Morgan fingerprint density at radius 1 is 1.07 bits per heavy atom. The van der Waals surface area contributed by atoms with Gasteiger partial charge < -0.3 is 14.6 Å². The number of fused-ring (bicyclic) bond motifs is 1. The molecule has 6 heteroatoms. The number of aromatic nitrogens is 2. The summed E-state index contributed by atoms with van der Waals surface area (Å²) < 4.78 is 7.98. The number of ether oxygens (including phenoxy) is 1. The highest BCUT2D eigenvalue weighted by molar-refractivity contribution is 6.30. The van der Waals surface area contributed by atoms with E-state index >= 15 is 0 Å². The number of hydrogen-bond acceptors (Lipinski definition) is 3. The summed E-state index contributed by atoms with van der Waals surface area (Å²) in [5.41, 5.74) is 3.62. The van der Waals surface area contributed by atoms with E-state index in [1.54, 1.807) is 24.3 Å². The van der Waals surface area contributed by atoms with Crippen LogP contribution in [0.3, 0.4) is 0 Å². The topological polar surface area (TPSA) is 56.1 Å². The van der Waals surface area contributed by atoms with Gasteiger partial charge in [0, 0.05) is 10.6 Å². The Morgan fingerprint density at radius 3 is 2.67 bits per heavy atom. The van der Waals surface area contributed by atoms with Gasteiger partial charge in [-0.1, -0.05) is 47.5 Å². The molecule has 5 nitrogen and oxygen atoms in total. The van der Waals surface area contributed by atoms with Crippen LogP contribution in [-0.4, -0.2) is 22.1 Å². The first-order valence-corrected chi connectivity index (χ1v) is 10.2. The van der Waals surface area contributed by atoms with Crippen LogP contribution in [0.5, 0.6) is 5.75 Å². The molecule has 0 aliphatic carbocycles. The second-order valence-corrected chi connectivity index (χ2v) is 7.46. The Hall–Kier alpha value is -3.31. The van der Waals surface area contributed by atoms with Crippen LogP contribution in [0.2, 0.25) is 5.02 Å². The molecule has 0 saturated heterocycles. The van der Waals surface area contributed by atoms with E-state index in [9.17, 15) is 4.79 Å². The van der Waals surface area contributed by atoms with Gasteiger partial charge in [0.1, 0.15) is 18.2 Å². The third-order valence-corrected chi connectivity index (χ3v) is 5.07. The summed E-state index contributed by atoms with van der Waals surface area (Å²) in [5.74, 6) is 1.42. The van der Waals surface area contributed by atoms with Gasteiger partial charge in [0.2, 0.25) is 0 Å². The lowest BCUT2D eigenvalue weighted by atomic mass is 10.2. The lowest BCUT2D eigenvalue weighted by Gasteiger charge is -2.12. The van der Waals surface area contributed by atoms with Crippen molar-refractivity contribution < 1.29 is 9.53 Å². The van der Waals surface area contributed by atoms with Crippen molar-refractivity contribution in [2.45, 2.75) is 20.0 Å². The monoisotopic (exact) mass is 419 g/mol. The number of nitrogens with zero attached hydrogens (tertiary/aromatic N) is 2. The number of carbonyl (C=O) groups is 1. The second-order valence-electron chi connectivity index (χ2n) is 7.02. The largest absolute Gasteiger partial charge is 0.492 e. The number of imidazole rings is 1. The maximum absolute atomic E-state index is 12.5. The number of aryl methyl sites for hydroxylation is 1. The van der Waals surface area contributed by atoms with Crippen LogP contribution in [0.1, 0.15) is 21.7 Å². The highest BCUT2D eigenvalue weighted by Crippen LogP contribution is 2.17. The van der Waals surface area contributed by atoms with Crippen molar-refractivity contribution in [1.29, 1.82) is 0 Å². The van der Waals surface area contributed by atoms with Crippen molar-refractivity contribution in [3.8, 4) is 5.75 Å². The minimum absolute atomic E-state index is 0.188. The fourth-order valence-corrected chi connectivity index (χ4v) is 3.48. The van der Waals surface area contributed by atoms with Gasteiger partial charge in [-0.15, -0.1) is 0 Å². The molecule has 1 heterocycles. The third-order valence-electron chi connectivity index (χ3n) is 4.83. The summed E-state index contributed by atoms with van der Waals surface area (Å²) in [4.78, 5) is 17.2. The van der Waals surface area contributed by atoms with E-state index in [4.69, 9.17) is 21.3 Å². The molecular weight excluding hydrogens is 398 g/mol. The molecule has 0 aliphatic heterocycles. The zero-order chi connectivity index (χ0) is 20.9. The molecule has 3 aromatic carbocycles. The van der Waals surface area contributed by atoms with Gasteiger partial charge in [0.15, 0.2) is 0 Å². The molecule has 4 rings (SSSR count). The van der Waals surface area contributed by atoms with E-state index in [1.807, 2.05) is 55.5 Å². The van der Waals surface area contributed by atoms with Gasteiger partial charge in [-0.05, 0) is 49.4 Å². The SMILES string of the molecule is Cc1ccc(OCCn2c(CNC(=O)c3cccc(Cl)c3)nc3ccccc32)cc1. The number of hydrogen-bond donors (Lipinski definition) is 1. The van der Waals surface area contributed by atoms with Gasteiger partial charge in [0.05, 0.1) is 24.1 Å². The van der Waals surface area contributed by atoms with Gasteiger partial charge in [-0.3, -0.25) is 4.79 Å². The van der Waals surface area contributed by atoms with Gasteiger partial charge >= 0.3 is 0 Å². The first-order valence-electron chi connectivity index (χ1n) is 9.77. The van der Waals surface area contributed by atoms with Crippen LogP contribution < -0.4 is 10.1 Å². The van der Waals surface area contributed by atoms with Crippen LogP contribution >= 0.6 is 11.6 Å². The number of nitrogens with one attached hydrogen (secondary N) is 1. The zero-order valence-electron chi connectivity index (χ0n) is 16.6. The van der Waals surface area contributed by atoms with Crippen molar-refractivity contribution in [2.75, 3.05) is 6.61 Å². The number of benzene rings is 3. The third kappa shape index (κ3) is 4.63. The first kappa shape index (κ1) is 20.0. The van der Waals surface area contributed by atoms with Crippen molar-refractivity contribution in [3.63, 3.8) is 0 Å². The van der Waals surface area contributed by atoms with Gasteiger partial charge in [0.25, 0.3) is 5.91 Å². The molecule has 0 radical (unpaired) electrons. The predicted octanol–water partition coefficient (Wildman–Crippen LogP) is 5.01. The Morgan fingerprint density at radius 2 is 1.87 bits per heavy atom.